The number of nitrogens with one attached hydrogen (secondary N) is 1. The molecule has 1 aliphatic carbocycles. The molecule has 236 valence electrons. The van der Waals surface area contributed by atoms with Gasteiger partial charge in [-0.05, 0) is 72.9 Å². The molecule has 9 nitrogen and oxygen atoms in total. The van der Waals surface area contributed by atoms with Crippen LogP contribution in [0.2, 0.25) is 0 Å². The zero-order chi connectivity index (χ0) is 31.0. The molecule has 0 aromatic heterocycles. The van der Waals surface area contributed by atoms with Crippen LogP contribution in [0.25, 0.3) is 11.1 Å². The van der Waals surface area contributed by atoms with Crippen molar-refractivity contribution in [2.45, 2.75) is 76.6 Å². The van der Waals surface area contributed by atoms with Crippen LogP contribution < -0.4 is 5.32 Å². The number of carboxylic acid groups (broad SMARTS) is 1. The van der Waals surface area contributed by atoms with E-state index in [2.05, 4.69) is 10.2 Å². The van der Waals surface area contributed by atoms with E-state index in [9.17, 15) is 23.1 Å². The van der Waals surface area contributed by atoms with Crippen molar-refractivity contribution in [2.24, 2.45) is 5.92 Å². The van der Waals surface area contributed by atoms with Crippen LogP contribution in [0, 0.1) is 12.8 Å². The number of amides is 1. The maximum absolute atomic E-state index is 13.5. The fraction of sp³-hybridized carbons (Fsp3) is 0.576. The van der Waals surface area contributed by atoms with E-state index in [-0.39, 0.29) is 24.3 Å². The van der Waals surface area contributed by atoms with E-state index in [4.69, 9.17) is 9.47 Å². The van der Waals surface area contributed by atoms with E-state index < -0.39 is 27.8 Å². The Morgan fingerprint density at radius 2 is 1.81 bits per heavy atom. The summed E-state index contributed by atoms with van der Waals surface area (Å²) in [5, 5.41) is 12.2. The van der Waals surface area contributed by atoms with Gasteiger partial charge in [0.05, 0.1) is 18.5 Å². The third kappa shape index (κ3) is 9.60. The van der Waals surface area contributed by atoms with Crippen molar-refractivity contribution in [2.75, 3.05) is 38.9 Å². The molecule has 2 fully saturated rings. The number of nitrogens with zero attached hydrogens (tertiary/aromatic N) is 1. The maximum Gasteiger partial charge on any atom is 0.326 e. The van der Waals surface area contributed by atoms with E-state index in [0.717, 1.165) is 42.5 Å². The van der Waals surface area contributed by atoms with Crippen LogP contribution in [-0.4, -0.2) is 87.4 Å². The highest BCUT2D eigenvalue weighted by Gasteiger charge is 2.33. The molecule has 3 atom stereocenters. The number of benzene rings is 2. The Kier molecular flexibility index (Phi) is 11.8. The Morgan fingerprint density at radius 3 is 2.49 bits per heavy atom. The van der Waals surface area contributed by atoms with Crippen LogP contribution in [0.4, 0.5) is 0 Å². The standard InChI is InChI=1S/C33H46N2O7S/c1-23-9-7-8-12-28(23)30-17-25(13-14-29(30)32(36)34-31(33(37)38)15-16-43(3,39)40)19-35-20-27(18-26(35)22-41-2)42-21-24-10-5-4-6-11-24/h7-9,12-14,17,24,26-27,31H,4-6,10-11,15-16,18-22H2,1-3H3,(H,34,36)(H,37,38)/t26-,27+,31+/m1/s1. The topological polar surface area (TPSA) is 122 Å². The van der Waals surface area contributed by atoms with E-state index in [1.165, 1.54) is 32.1 Å². The lowest BCUT2D eigenvalue weighted by Crippen LogP contribution is -2.42. The zero-order valence-corrected chi connectivity index (χ0v) is 26.4. The highest BCUT2D eigenvalue weighted by Crippen LogP contribution is 2.31. The molecule has 1 saturated carbocycles. The molecule has 0 spiro atoms. The number of carbonyl (C=O) groups excluding carboxylic acids is 1. The molecule has 1 saturated heterocycles. The van der Waals surface area contributed by atoms with Gasteiger partial charge in [-0.1, -0.05) is 49.6 Å². The van der Waals surface area contributed by atoms with Gasteiger partial charge in [0, 0.05) is 44.7 Å². The number of aryl methyl sites for hydroxylation is 1. The smallest absolute Gasteiger partial charge is 0.326 e. The molecular weight excluding hydrogens is 568 g/mol. The van der Waals surface area contributed by atoms with Gasteiger partial charge in [0.1, 0.15) is 15.9 Å². The summed E-state index contributed by atoms with van der Waals surface area (Å²) in [6.45, 7) is 4.87. The largest absolute Gasteiger partial charge is 0.480 e. The number of carboxylic acids is 1. The summed E-state index contributed by atoms with van der Waals surface area (Å²) < 4.78 is 35.2. The molecule has 1 heterocycles. The molecule has 1 aliphatic heterocycles. The first-order valence-electron chi connectivity index (χ1n) is 15.3. The first kappa shape index (κ1) is 33.1. The summed E-state index contributed by atoms with van der Waals surface area (Å²) in [6.07, 6.45) is 8.34. The summed E-state index contributed by atoms with van der Waals surface area (Å²) in [6, 6.07) is 12.3. The number of sulfone groups is 1. The SMILES string of the molecule is COC[C@H]1C[C@H](OCC2CCCCC2)CN1Cc1ccc(C(=O)N[C@@H](CCS(C)(=O)=O)C(=O)O)c(-c2ccccc2C)c1. The lowest BCUT2D eigenvalue weighted by molar-refractivity contribution is -0.139. The lowest BCUT2D eigenvalue weighted by Gasteiger charge is -2.25. The van der Waals surface area contributed by atoms with Crippen molar-refractivity contribution in [3.05, 3.63) is 59.2 Å². The van der Waals surface area contributed by atoms with Crippen LogP contribution in [-0.2, 0) is 30.7 Å². The second kappa shape index (κ2) is 15.3. The number of likely N-dealkylation sites (tertiary alicyclic amines) is 1. The summed E-state index contributed by atoms with van der Waals surface area (Å²) in [5.74, 6) is -1.51. The quantitative estimate of drug-likeness (QED) is 0.320. The van der Waals surface area contributed by atoms with Crippen molar-refractivity contribution in [1.29, 1.82) is 0 Å². The number of methoxy groups -OCH3 is 1. The highest BCUT2D eigenvalue weighted by molar-refractivity contribution is 7.90. The molecular formula is C33H46N2O7S. The minimum Gasteiger partial charge on any atom is -0.480 e. The normalized spacial score (nSPS) is 20.6. The summed E-state index contributed by atoms with van der Waals surface area (Å²) in [5.41, 5.74) is 3.92. The second-order valence-electron chi connectivity index (χ2n) is 12.2. The zero-order valence-electron chi connectivity index (χ0n) is 25.6. The summed E-state index contributed by atoms with van der Waals surface area (Å²) >= 11 is 0. The van der Waals surface area contributed by atoms with E-state index >= 15 is 0 Å². The fourth-order valence-electron chi connectivity index (χ4n) is 6.29. The number of carbonyl (C=O) groups is 2. The molecule has 0 radical (unpaired) electrons. The summed E-state index contributed by atoms with van der Waals surface area (Å²) in [4.78, 5) is 27.7. The fourth-order valence-corrected chi connectivity index (χ4v) is 6.95. The Balaban J connectivity index is 1.54. The van der Waals surface area contributed by atoms with Gasteiger partial charge in [-0.3, -0.25) is 9.69 Å². The van der Waals surface area contributed by atoms with Crippen LogP contribution in [0.15, 0.2) is 42.5 Å². The van der Waals surface area contributed by atoms with Gasteiger partial charge in [-0.2, -0.15) is 0 Å². The maximum atomic E-state index is 13.5. The summed E-state index contributed by atoms with van der Waals surface area (Å²) in [7, 11) is -1.67. The molecule has 1 amide bonds. The highest BCUT2D eigenvalue weighted by atomic mass is 32.2. The molecule has 2 N–H and O–H groups in total. The molecule has 10 heteroatoms. The van der Waals surface area contributed by atoms with Gasteiger partial charge >= 0.3 is 5.97 Å². The first-order valence-corrected chi connectivity index (χ1v) is 17.3. The van der Waals surface area contributed by atoms with E-state index in [1.807, 2.05) is 43.3 Å². The predicted molar refractivity (Wildman–Crippen MR) is 167 cm³/mol. The van der Waals surface area contributed by atoms with Gasteiger partial charge < -0.3 is 19.9 Å². The Bertz CT molecular complexity index is 1360. The van der Waals surface area contributed by atoms with E-state index in [1.54, 1.807) is 13.2 Å². The van der Waals surface area contributed by atoms with Crippen molar-refractivity contribution < 1.29 is 32.6 Å². The molecule has 4 rings (SSSR count). The number of hydrogen-bond acceptors (Lipinski definition) is 7. The molecule has 2 aliphatic rings. The molecule has 2 aromatic carbocycles. The monoisotopic (exact) mass is 614 g/mol. The van der Waals surface area contributed by atoms with E-state index in [0.29, 0.717) is 30.2 Å². The van der Waals surface area contributed by atoms with Crippen molar-refractivity contribution in [3.8, 4) is 11.1 Å². The van der Waals surface area contributed by atoms with Gasteiger partial charge in [0.25, 0.3) is 5.91 Å². The lowest BCUT2D eigenvalue weighted by atomic mass is 9.90. The first-order chi connectivity index (χ1) is 20.5. The number of ether oxygens (including phenoxy) is 2. The number of aliphatic carboxylic acids is 1. The van der Waals surface area contributed by atoms with Crippen LogP contribution in [0.3, 0.4) is 0 Å². The third-order valence-electron chi connectivity index (χ3n) is 8.67. The second-order valence-corrected chi connectivity index (χ2v) is 14.5. The van der Waals surface area contributed by atoms with Crippen LogP contribution in [0.1, 0.15) is 66.4 Å². The van der Waals surface area contributed by atoms with Crippen molar-refractivity contribution in [3.63, 3.8) is 0 Å². The van der Waals surface area contributed by atoms with Crippen LogP contribution in [0.5, 0.6) is 0 Å². The Hall–Kier alpha value is -2.79. The third-order valence-corrected chi connectivity index (χ3v) is 9.65. The Morgan fingerprint density at radius 1 is 1.07 bits per heavy atom. The number of rotatable bonds is 14. The van der Waals surface area contributed by atoms with Gasteiger partial charge in [0.2, 0.25) is 0 Å². The predicted octanol–water partition coefficient (Wildman–Crippen LogP) is 4.47. The van der Waals surface area contributed by atoms with Crippen molar-refractivity contribution in [1.82, 2.24) is 10.2 Å². The van der Waals surface area contributed by atoms with Gasteiger partial charge in [0.15, 0.2) is 0 Å². The van der Waals surface area contributed by atoms with Gasteiger partial charge in [-0.25, -0.2) is 13.2 Å². The average molecular weight is 615 g/mol. The number of hydrogen-bond donors (Lipinski definition) is 2. The minimum atomic E-state index is -3.39. The molecule has 0 unspecified atom stereocenters. The van der Waals surface area contributed by atoms with Crippen LogP contribution >= 0.6 is 0 Å². The molecule has 0 bridgehead atoms. The van der Waals surface area contributed by atoms with Crippen molar-refractivity contribution >= 4 is 21.7 Å². The minimum absolute atomic E-state index is 0.155. The molecule has 2 aromatic rings. The molecule has 43 heavy (non-hydrogen) atoms. The Labute approximate surface area is 255 Å². The van der Waals surface area contributed by atoms with Gasteiger partial charge in [-0.15, -0.1) is 0 Å². The average Bonchev–Trinajstić information content (AvgIpc) is 3.35.